The van der Waals surface area contributed by atoms with E-state index >= 15 is 0 Å². The molecule has 0 amide bonds. The van der Waals surface area contributed by atoms with Crippen LogP contribution in [0.4, 0.5) is 10.1 Å². The summed E-state index contributed by atoms with van der Waals surface area (Å²) in [5.74, 6) is -0.896. The highest BCUT2D eigenvalue weighted by atomic mass is 32.1. The number of nitrogens with zero attached hydrogens (tertiary/aromatic N) is 2. The Morgan fingerprint density at radius 2 is 2.33 bits per heavy atom. The molecule has 0 unspecified atom stereocenters. The highest BCUT2D eigenvalue weighted by Crippen LogP contribution is 2.26. The number of anilines is 1. The van der Waals surface area contributed by atoms with Gasteiger partial charge in [0.15, 0.2) is 0 Å². The third kappa shape index (κ3) is 2.80. The summed E-state index contributed by atoms with van der Waals surface area (Å²) in [7, 11) is 0. The van der Waals surface area contributed by atoms with Crippen LogP contribution in [0.5, 0.6) is 0 Å². The van der Waals surface area contributed by atoms with Crippen molar-refractivity contribution in [1.29, 1.82) is 0 Å². The number of benzene rings is 1. The second-order valence-corrected chi connectivity index (χ2v) is 4.34. The van der Waals surface area contributed by atoms with Crippen molar-refractivity contribution in [3.63, 3.8) is 0 Å². The van der Waals surface area contributed by atoms with Crippen molar-refractivity contribution in [2.45, 2.75) is 6.92 Å². The van der Waals surface area contributed by atoms with Crippen molar-refractivity contribution < 1.29 is 14.3 Å². The summed E-state index contributed by atoms with van der Waals surface area (Å²) in [6, 6.07) is 4.38. The van der Waals surface area contributed by atoms with Gasteiger partial charge in [0.1, 0.15) is 23.2 Å². The summed E-state index contributed by atoms with van der Waals surface area (Å²) in [5, 5.41) is 11.7. The van der Waals surface area contributed by atoms with Crippen molar-refractivity contribution in [3.8, 4) is 10.6 Å². The molecule has 0 aliphatic rings. The maximum Gasteiger partial charge on any atom is 0.322 e. The molecule has 7 heteroatoms. The zero-order valence-electron chi connectivity index (χ0n) is 9.48. The van der Waals surface area contributed by atoms with Crippen molar-refractivity contribution in [2.75, 3.05) is 11.9 Å². The van der Waals surface area contributed by atoms with Gasteiger partial charge in [-0.2, -0.15) is 4.37 Å². The lowest BCUT2D eigenvalue weighted by Crippen LogP contribution is -2.13. The van der Waals surface area contributed by atoms with E-state index < -0.39 is 11.8 Å². The van der Waals surface area contributed by atoms with Gasteiger partial charge in [-0.05, 0) is 36.7 Å². The monoisotopic (exact) mass is 267 g/mol. The fraction of sp³-hybridized carbons (Fsp3) is 0.182. The topological polar surface area (TPSA) is 75.1 Å². The molecule has 2 rings (SSSR count). The van der Waals surface area contributed by atoms with E-state index in [4.69, 9.17) is 5.11 Å². The zero-order chi connectivity index (χ0) is 13.1. The zero-order valence-corrected chi connectivity index (χ0v) is 10.3. The summed E-state index contributed by atoms with van der Waals surface area (Å²) in [4.78, 5) is 14.6. The number of hydrogen-bond acceptors (Lipinski definition) is 5. The molecule has 1 aromatic carbocycles. The second kappa shape index (κ2) is 5.09. The SMILES string of the molecule is Cc1nsc(-c2ccc(F)c(NCC(=O)O)c2)n1. The fourth-order valence-corrected chi connectivity index (χ4v) is 2.04. The lowest BCUT2D eigenvalue weighted by molar-refractivity contribution is -0.134. The quantitative estimate of drug-likeness (QED) is 0.887. The number of aromatic nitrogens is 2. The molecule has 0 radical (unpaired) electrons. The Morgan fingerprint density at radius 3 is 2.94 bits per heavy atom. The molecular formula is C11H10FN3O2S. The molecule has 0 saturated carbocycles. The third-order valence-electron chi connectivity index (χ3n) is 2.17. The van der Waals surface area contributed by atoms with Gasteiger partial charge in [-0.1, -0.05) is 0 Å². The molecule has 5 nitrogen and oxygen atoms in total. The van der Waals surface area contributed by atoms with E-state index in [0.717, 1.165) is 0 Å². The van der Waals surface area contributed by atoms with Crippen molar-refractivity contribution in [2.24, 2.45) is 0 Å². The molecule has 0 aliphatic heterocycles. The standard InChI is InChI=1S/C11H10FN3O2S/c1-6-14-11(18-15-6)7-2-3-8(12)9(4-7)13-5-10(16)17/h2-4,13H,5H2,1H3,(H,16,17). The molecular weight excluding hydrogens is 257 g/mol. The first-order chi connectivity index (χ1) is 8.56. The van der Waals surface area contributed by atoms with E-state index in [1.807, 2.05) is 0 Å². The largest absolute Gasteiger partial charge is 0.480 e. The minimum atomic E-state index is -1.05. The van der Waals surface area contributed by atoms with E-state index in [1.165, 1.54) is 23.7 Å². The molecule has 94 valence electrons. The first-order valence-electron chi connectivity index (χ1n) is 5.12. The average Bonchev–Trinajstić information content (AvgIpc) is 2.74. The third-order valence-corrected chi connectivity index (χ3v) is 3.03. The number of nitrogens with one attached hydrogen (secondary N) is 1. The summed E-state index contributed by atoms with van der Waals surface area (Å²) < 4.78 is 17.5. The smallest absolute Gasteiger partial charge is 0.322 e. The molecule has 2 N–H and O–H groups in total. The average molecular weight is 267 g/mol. The van der Waals surface area contributed by atoms with Gasteiger partial charge >= 0.3 is 5.97 Å². The number of halogens is 1. The minimum Gasteiger partial charge on any atom is -0.480 e. The molecule has 0 fully saturated rings. The molecule has 1 heterocycles. The van der Waals surface area contributed by atoms with Gasteiger partial charge in [0, 0.05) is 5.56 Å². The van der Waals surface area contributed by atoms with E-state index in [9.17, 15) is 9.18 Å². The predicted molar refractivity (Wildman–Crippen MR) is 66.2 cm³/mol. The van der Waals surface area contributed by atoms with Gasteiger partial charge in [0.2, 0.25) is 0 Å². The van der Waals surface area contributed by atoms with Gasteiger partial charge < -0.3 is 10.4 Å². The van der Waals surface area contributed by atoms with Crippen LogP contribution >= 0.6 is 11.5 Å². The number of rotatable bonds is 4. The Balaban J connectivity index is 2.28. The highest BCUT2D eigenvalue weighted by Gasteiger charge is 2.09. The Morgan fingerprint density at radius 1 is 1.56 bits per heavy atom. The van der Waals surface area contributed by atoms with Gasteiger partial charge in [-0.25, -0.2) is 9.37 Å². The van der Waals surface area contributed by atoms with Crippen LogP contribution in [-0.4, -0.2) is 27.0 Å². The lowest BCUT2D eigenvalue weighted by Gasteiger charge is -2.06. The van der Waals surface area contributed by atoms with E-state index in [2.05, 4.69) is 14.7 Å². The van der Waals surface area contributed by atoms with Gasteiger partial charge in [-0.15, -0.1) is 0 Å². The maximum atomic E-state index is 13.5. The van der Waals surface area contributed by atoms with E-state index in [-0.39, 0.29) is 12.2 Å². The lowest BCUT2D eigenvalue weighted by atomic mass is 10.2. The van der Waals surface area contributed by atoms with E-state index in [0.29, 0.717) is 16.4 Å². The summed E-state index contributed by atoms with van der Waals surface area (Å²) in [5.41, 5.74) is 0.845. The van der Waals surface area contributed by atoms with Crippen LogP contribution in [0.1, 0.15) is 5.82 Å². The number of hydrogen-bond donors (Lipinski definition) is 2. The molecule has 0 spiro atoms. The van der Waals surface area contributed by atoms with Crippen LogP contribution in [-0.2, 0) is 4.79 Å². The van der Waals surface area contributed by atoms with E-state index in [1.54, 1.807) is 13.0 Å². The Hall–Kier alpha value is -2.02. The molecule has 0 atom stereocenters. The number of aliphatic carboxylic acids is 1. The predicted octanol–water partition coefficient (Wildman–Crippen LogP) is 2.15. The molecule has 1 aromatic heterocycles. The first-order valence-corrected chi connectivity index (χ1v) is 5.89. The fourth-order valence-electron chi connectivity index (χ4n) is 1.38. The Bertz CT molecular complexity index is 585. The van der Waals surface area contributed by atoms with Crippen LogP contribution in [0.2, 0.25) is 0 Å². The molecule has 18 heavy (non-hydrogen) atoms. The molecule has 0 aliphatic carbocycles. The highest BCUT2D eigenvalue weighted by molar-refractivity contribution is 7.09. The minimum absolute atomic E-state index is 0.141. The van der Waals surface area contributed by atoms with Crippen molar-refractivity contribution in [1.82, 2.24) is 9.36 Å². The first kappa shape index (κ1) is 12.4. The van der Waals surface area contributed by atoms with Crippen LogP contribution in [0.15, 0.2) is 18.2 Å². The number of carbonyl (C=O) groups is 1. The maximum absolute atomic E-state index is 13.5. The normalized spacial score (nSPS) is 10.3. The molecule has 0 bridgehead atoms. The Labute approximate surface area is 106 Å². The van der Waals surface area contributed by atoms with Crippen LogP contribution in [0, 0.1) is 12.7 Å². The molecule has 0 saturated heterocycles. The van der Waals surface area contributed by atoms with Crippen molar-refractivity contribution in [3.05, 3.63) is 29.8 Å². The second-order valence-electron chi connectivity index (χ2n) is 3.59. The van der Waals surface area contributed by atoms with Crippen molar-refractivity contribution >= 4 is 23.2 Å². The van der Waals surface area contributed by atoms with Gasteiger partial charge in [0.25, 0.3) is 0 Å². The van der Waals surface area contributed by atoms with Crippen LogP contribution in [0.3, 0.4) is 0 Å². The molecule has 2 aromatic rings. The van der Waals surface area contributed by atoms with Crippen LogP contribution < -0.4 is 5.32 Å². The Kier molecular flexibility index (Phi) is 3.52. The number of aryl methyl sites for hydroxylation is 1. The number of carboxylic acids is 1. The van der Waals surface area contributed by atoms with Gasteiger partial charge in [-0.3, -0.25) is 4.79 Å². The summed E-state index contributed by atoms with van der Waals surface area (Å²) >= 11 is 1.21. The summed E-state index contributed by atoms with van der Waals surface area (Å²) in [6.45, 7) is 1.43. The summed E-state index contributed by atoms with van der Waals surface area (Å²) in [6.07, 6.45) is 0. The van der Waals surface area contributed by atoms with Crippen LogP contribution in [0.25, 0.3) is 10.6 Å². The van der Waals surface area contributed by atoms with Gasteiger partial charge in [0.05, 0.1) is 5.69 Å². The number of carboxylic acid groups (broad SMARTS) is 1.